The van der Waals surface area contributed by atoms with E-state index in [1.54, 1.807) is 0 Å². The van der Waals surface area contributed by atoms with E-state index in [2.05, 4.69) is 48.2 Å². The number of ether oxygens (including phenoxy) is 6. The molecule has 0 aliphatic carbocycles. The van der Waals surface area contributed by atoms with Crippen LogP contribution in [-0.2, 0) is 42.8 Å². The fourth-order valence-corrected chi connectivity index (χ4v) is 1.93. The zero-order valence-electron chi connectivity index (χ0n) is 21.0. The summed E-state index contributed by atoms with van der Waals surface area (Å²) in [5.41, 5.74) is 0. The number of rotatable bonds is 20. The molecule has 248 valence electrons. The van der Waals surface area contributed by atoms with E-state index in [9.17, 15) is 67.1 Å². The largest absolute Gasteiger partial charge is 0.456 e. The second-order valence-corrected chi connectivity index (χ2v) is 7.66. The van der Waals surface area contributed by atoms with Crippen LogP contribution in [0.1, 0.15) is 0 Å². The lowest BCUT2D eigenvalue weighted by Gasteiger charge is -2.35. The van der Waals surface area contributed by atoms with Crippen molar-refractivity contribution in [2.45, 2.75) is 41.9 Å². The summed E-state index contributed by atoms with van der Waals surface area (Å²) in [7, 11) is 0. The second-order valence-electron chi connectivity index (χ2n) is 7.66. The van der Waals surface area contributed by atoms with Crippen molar-refractivity contribution in [2.24, 2.45) is 0 Å². The SMILES string of the molecule is C=CC(=O)OCC(F)(F)C(F)(F)OCC(F)(COC(F)(F)C(F)(F)COC(=O)C=C)OC(F)(F)C(F)(F)COC(=O)C=C. The van der Waals surface area contributed by atoms with Gasteiger partial charge in [0.2, 0.25) is 0 Å². The topological polar surface area (TPSA) is 107 Å². The Morgan fingerprint density at radius 1 is 0.465 bits per heavy atom. The van der Waals surface area contributed by atoms with Crippen LogP contribution in [0.15, 0.2) is 38.0 Å². The van der Waals surface area contributed by atoms with E-state index in [0.29, 0.717) is 0 Å². The van der Waals surface area contributed by atoms with Gasteiger partial charge in [-0.3, -0.25) is 4.74 Å². The Hall–Kier alpha value is -3.40. The number of halogens is 13. The number of carbonyl (C=O) groups is 3. The third-order valence-electron chi connectivity index (χ3n) is 4.21. The minimum atomic E-state index is -6.40. The summed E-state index contributed by atoms with van der Waals surface area (Å²) in [6.45, 7) is -6.00. The standard InChI is InChI=1S/C21H19F13O9/c1-4-12(35)38-9-16(23,24)19(29,30)41-7-15(22,43-21(33,34)18(27,28)11-40-14(37)6-3)8-42-20(31,32)17(25,26)10-39-13(36)5-2/h4-6H,1-3,7-11H2. The van der Waals surface area contributed by atoms with Crippen molar-refractivity contribution >= 4 is 17.9 Å². The van der Waals surface area contributed by atoms with Crippen LogP contribution in [0.4, 0.5) is 57.1 Å². The molecule has 0 aromatic heterocycles. The van der Waals surface area contributed by atoms with E-state index in [-0.39, 0.29) is 18.2 Å². The summed E-state index contributed by atoms with van der Waals surface area (Å²) in [4.78, 5) is 32.5. The van der Waals surface area contributed by atoms with Gasteiger partial charge in [0.15, 0.2) is 19.8 Å². The van der Waals surface area contributed by atoms with Crippen molar-refractivity contribution in [1.29, 1.82) is 0 Å². The predicted octanol–water partition coefficient (Wildman–Crippen LogP) is 4.57. The van der Waals surface area contributed by atoms with Crippen LogP contribution < -0.4 is 0 Å². The zero-order valence-corrected chi connectivity index (χ0v) is 21.0. The maximum Gasteiger partial charge on any atom is 0.425 e. The molecule has 0 spiro atoms. The number of hydrogen-bond acceptors (Lipinski definition) is 9. The van der Waals surface area contributed by atoms with Crippen LogP contribution in [0, 0.1) is 0 Å². The molecule has 0 unspecified atom stereocenters. The predicted molar refractivity (Wildman–Crippen MR) is 110 cm³/mol. The Labute approximate surface area is 231 Å². The molecule has 22 heteroatoms. The van der Waals surface area contributed by atoms with Crippen molar-refractivity contribution in [3.63, 3.8) is 0 Å². The van der Waals surface area contributed by atoms with Gasteiger partial charge in [0.1, 0.15) is 13.2 Å². The molecule has 0 saturated heterocycles. The van der Waals surface area contributed by atoms with Crippen molar-refractivity contribution in [3.8, 4) is 0 Å². The lowest BCUT2D eigenvalue weighted by atomic mass is 10.2. The highest BCUT2D eigenvalue weighted by atomic mass is 19.3. The Kier molecular flexibility index (Phi) is 13.2. The second kappa shape index (κ2) is 14.4. The molecule has 0 aromatic rings. The van der Waals surface area contributed by atoms with Gasteiger partial charge in [-0.25, -0.2) is 18.8 Å². The molecular weight excluding hydrogens is 643 g/mol. The first-order valence-electron chi connectivity index (χ1n) is 10.5. The van der Waals surface area contributed by atoms with Crippen LogP contribution in [0.25, 0.3) is 0 Å². The van der Waals surface area contributed by atoms with Crippen molar-refractivity contribution in [2.75, 3.05) is 33.0 Å². The molecular formula is C21H19F13O9. The van der Waals surface area contributed by atoms with Crippen LogP contribution >= 0.6 is 0 Å². The van der Waals surface area contributed by atoms with Gasteiger partial charge in [-0.1, -0.05) is 19.7 Å². The zero-order chi connectivity index (χ0) is 34.1. The normalized spacial score (nSPS) is 13.6. The fourth-order valence-electron chi connectivity index (χ4n) is 1.93. The molecule has 0 fully saturated rings. The first kappa shape index (κ1) is 39.6. The first-order chi connectivity index (χ1) is 19.2. The van der Waals surface area contributed by atoms with Gasteiger partial charge >= 0.3 is 54.0 Å². The van der Waals surface area contributed by atoms with E-state index < -0.39 is 92.9 Å². The molecule has 43 heavy (non-hydrogen) atoms. The molecule has 0 bridgehead atoms. The van der Waals surface area contributed by atoms with Crippen molar-refractivity contribution in [1.82, 2.24) is 0 Å². The van der Waals surface area contributed by atoms with Gasteiger partial charge in [-0.05, 0) is 0 Å². The average molecular weight is 662 g/mol. The number of esters is 3. The number of hydrogen-bond donors (Lipinski definition) is 0. The summed E-state index contributed by atoms with van der Waals surface area (Å²) in [6, 6.07) is 0. The van der Waals surface area contributed by atoms with E-state index in [1.807, 2.05) is 0 Å². The van der Waals surface area contributed by atoms with E-state index in [1.165, 1.54) is 0 Å². The first-order valence-corrected chi connectivity index (χ1v) is 10.5. The van der Waals surface area contributed by atoms with Crippen molar-refractivity contribution < 1.29 is 99.9 Å². The van der Waals surface area contributed by atoms with E-state index >= 15 is 4.39 Å². The maximum atomic E-state index is 15.1. The van der Waals surface area contributed by atoms with E-state index in [4.69, 9.17) is 0 Å². The van der Waals surface area contributed by atoms with Gasteiger partial charge in [0.05, 0.1) is 0 Å². The Morgan fingerprint density at radius 3 is 0.977 bits per heavy atom. The third kappa shape index (κ3) is 11.3. The lowest BCUT2D eigenvalue weighted by molar-refractivity contribution is -0.445. The van der Waals surface area contributed by atoms with E-state index in [0.717, 1.165) is 0 Å². The van der Waals surface area contributed by atoms with Crippen LogP contribution in [0.5, 0.6) is 0 Å². The lowest BCUT2D eigenvalue weighted by Crippen LogP contribution is -2.57. The molecule has 0 aromatic carbocycles. The molecule has 0 amide bonds. The third-order valence-corrected chi connectivity index (χ3v) is 4.21. The molecule has 0 aliphatic heterocycles. The number of carbonyl (C=O) groups excluding carboxylic acids is 3. The quantitative estimate of drug-likeness (QED) is 0.0803. The average Bonchev–Trinajstić information content (AvgIpc) is 2.90. The molecule has 0 heterocycles. The molecule has 0 atom stereocenters. The van der Waals surface area contributed by atoms with Crippen molar-refractivity contribution in [3.05, 3.63) is 38.0 Å². The highest BCUT2D eigenvalue weighted by Crippen LogP contribution is 2.43. The van der Waals surface area contributed by atoms with Crippen LogP contribution in [0.2, 0.25) is 0 Å². The highest BCUT2D eigenvalue weighted by molar-refractivity contribution is 5.81. The van der Waals surface area contributed by atoms with Gasteiger partial charge in [0.25, 0.3) is 5.85 Å². The fraction of sp³-hybridized carbons (Fsp3) is 0.571. The molecule has 0 saturated carbocycles. The summed E-state index contributed by atoms with van der Waals surface area (Å²) in [5.74, 6) is -27.8. The van der Waals surface area contributed by atoms with Gasteiger partial charge in [0, 0.05) is 18.2 Å². The molecule has 9 nitrogen and oxygen atoms in total. The molecule has 0 N–H and O–H groups in total. The summed E-state index contributed by atoms with van der Waals surface area (Å²) in [6.07, 6.45) is -18.0. The van der Waals surface area contributed by atoms with Gasteiger partial charge < -0.3 is 23.7 Å². The smallest absolute Gasteiger partial charge is 0.425 e. The maximum absolute atomic E-state index is 15.1. The Balaban J connectivity index is 6.23. The van der Waals surface area contributed by atoms with Gasteiger partial charge in [-0.15, -0.1) is 0 Å². The highest BCUT2D eigenvalue weighted by Gasteiger charge is 2.66. The Morgan fingerprint density at radius 2 is 0.721 bits per heavy atom. The summed E-state index contributed by atoms with van der Waals surface area (Å²) >= 11 is 0. The van der Waals surface area contributed by atoms with Crippen LogP contribution in [0.3, 0.4) is 0 Å². The molecule has 0 rings (SSSR count). The minimum Gasteiger partial charge on any atom is -0.456 e. The summed E-state index contributed by atoms with van der Waals surface area (Å²) < 4.78 is 202. The Bertz CT molecular complexity index is 980. The summed E-state index contributed by atoms with van der Waals surface area (Å²) in [5, 5.41) is 0. The molecule has 0 aliphatic rings. The van der Waals surface area contributed by atoms with Gasteiger partial charge in [-0.2, -0.15) is 52.7 Å². The molecule has 0 radical (unpaired) electrons. The number of alkyl halides is 13. The minimum absolute atomic E-state index is 0.166. The monoisotopic (exact) mass is 662 g/mol. The van der Waals surface area contributed by atoms with Crippen LogP contribution in [-0.4, -0.2) is 92.9 Å².